The third kappa shape index (κ3) is 4.15. The molecule has 158 valence electrons. The van der Waals surface area contributed by atoms with Crippen LogP contribution in [0.15, 0.2) is 84.4 Å². The Morgan fingerprint density at radius 3 is 2.19 bits per heavy atom. The predicted molar refractivity (Wildman–Crippen MR) is 124 cm³/mol. The van der Waals surface area contributed by atoms with Crippen LogP contribution < -0.4 is 5.32 Å². The molecule has 0 fully saturated rings. The van der Waals surface area contributed by atoms with Gasteiger partial charge in [0, 0.05) is 28.4 Å². The summed E-state index contributed by atoms with van der Waals surface area (Å²) in [7, 11) is 0. The van der Waals surface area contributed by atoms with E-state index in [1.165, 1.54) is 41.2 Å². The molecule has 5 rings (SSSR count). The number of benzene rings is 3. The third-order valence-corrected chi connectivity index (χ3v) is 5.76. The highest BCUT2D eigenvalue weighted by Gasteiger charge is 2.17. The molecule has 2 heterocycles. The van der Waals surface area contributed by atoms with Crippen LogP contribution in [0.1, 0.15) is 5.56 Å². The summed E-state index contributed by atoms with van der Waals surface area (Å²) in [5, 5.41) is 10.7. The fraction of sp³-hybridized carbons (Fsp3) is 0.0400. The first-order valence-corrected chi connectivity index (χ1v) is 10.8. The zero-order valence-corrected chi connectivity index (χ0v) is 17.9. The Bertz CT molecular complexity index is 1350. The molecule has 0 aliphatic carbocycles. The maximum atomic E-state index is 13.5. The standard InChI is InChI=1S/C25H18F2N4S/c1-16-2-10-20(11-3-16)28-25-29-23(15-32-25)22-14-31(21-12-8-19(27)9-13-21)30-24(22)17-4-6-18(26)7-5-17/h2-15H,1H3,(H,28,29). The van der Waals surface area contributed by atoms with E-state index in [0.717, 1.165) is 27.6 Å². The number of hydrogen-bond donors (Lipinski definition) is 1. The number of aryl methyl sites for hydroxylation is 1. The van der Waals surface area contributed by atoms with Crippen molar-refractivity contribution in [2.45, 2.75) is 6.92 Å². The molecule has 0 aliphatic heterocycles. The molecule has 0 bridgehead atoms. The van der Waals surface area contributed by atoms with Gasteiger partial charge in [-0.15, -0.1) is 11.3 Å². The van der Waals surface area contributed by atoms with E-state index in [4.69, 9.17) is 10.1 Å². The zero-order valence-electron chi connectivity index (χ0n) is 17.1. The Labute approximate surface area is 187 Å². The van der Waals surface area contributed by atoms with Crippen LogP contribution in [0.4, 0.5) is 19.6 Å². The average molecular weight is 445 g/mol. The first-order chi connectivity index (χ1) is 15.5. The lowest BCUT2D eigenvalue weighted by Gasteiger charge is -2.02. The highest BCUT2D eigenvalue weighted by molar-refractivity contribution is 7.14. The highest BCUT2D eigenvalue weighted by Crippen LogP contribution is 2.34. The first-order valence-electron chi connectivity index (χ1n) is 9.96. The molecule has 0 radical (unpaired) electrons. The summed E-state index contributed by atoms with van der Waals surface area (Å²) in [6.45, 7) is 2.04. The van der Waals surface area contributed by atoms with Gasteiger partial charge in [0.1, 0.15) is 17.3 Å². The SMILES string of the molecule is Cc1ccc(Nc2nc(-c3cn(-c4ccc(F)cc4)nc3-c3ccc(F)cc3)cs2)cc1. The van der Waals surface area contributed by atoms with Crippen molar-refractivity contribution in [3.63, 3.8) is 0 Å². The van der Waals surface area contributed by atoms with Gasteiger partial charge in [-0.1, -0.05) is 17.7 Å². The number of nitrogens with zero attached hydrogens (tertiary/aromatic N) is 3. The number of halogens is 2. The maximum absolute atomic E-state index is 13.5. The molecule has 0 unspecified atom stereocenters. The van der Waals surface area contributed by atoms with Gasteiger partial charge in [-0.3, -0.25) is 0 Å². The summed E-state index contributed by atoms with van der Waals surface area (Å²) in [6, 6.07) is 20.4. The van der Waals surface area contributed by atoms with Gasteiger partial charge >= 0.3 is 0 Å². The summed E-state index contributed by atoms with van der Waals surface area (Å²) in [6.07, 6.45) is 1.86. The number of thiazole rings is 1. The van der Waals surface area contributed by atoms with Crippen molar-refractivity contribution in [2.24, 2.45) is 0 Å². The number of aromatic nitrogens is 3. The Morgan fingerprint density at radius 1 is 0.844 bits per heavy atom. The van der Waals surface area contributed by atoms with Gasteiger partial charge in [0.05, 0.1) is 11.4 Å². The van der Waals surface area contributed by atoms with Crippen molar-refractivity contribution in [1.82, 2.24) is 14.8 Å². The molecule has 0 spiro atoms. The van der Waals surface area contributed by atoms with Crippen molar-refractivity contribution in [1.29, 1.82) is 0 Å². The largest absolute Gasteiger partial charge is 0.332 e. The van der Waals surface area contributed by atoms with Crippen molar-refractivity contribution in [2.75, 3.05) is 5.32 Å². The maximum Gasteiger partial charge on any atom is 0.187 e. The molecule has 3 aromatic carbocycles. The van der Waals surface area contributed by atoms with Crippen LogP contribution in [0.5, 0.6) is 0 Å². The Hall–Kier alpha value is -3.84. The van der Waals surface area contributed by atoms with Gasteiger partial charge in [0.2, 0.25) is 0 Å². The molecule has 32 heavy (non-hydrogen) atoms. The Kier molecular flexibility index (Phi) is 5.25. The van der Waals surface area contributed by atoms with Crippen LogP contribution in [-0.2, 0) is 0 Å². The Balaban J connectivity index is 1.54. The number of hydrogen-bond acceptors (Lipinski definition) is 4. The topological polar surface area (TPSA) is 42.7 Å². The van der Waals surface area contributed by atoms with Crippen LogP contribution in [0.25, 0.3) is 28.2 Å². The molecule has 7 heteroatoms. The quantitative estimate of drug-likeness (QED) is 0.318. The highest BCUT2D eigenvalue weighted by atomic mass is 32.1. The van der Waals surface area contributed by atoms with Gasteiger partial charge < -0.3 is 5.32 Å². The summed E-state index contributed by atoms with van der Waals surface area (Å²) in [5.74, 6) is -0.627. The van der Waals surface area contributed by atoms with Crippen molar-refractivity contribution in [3.8, 4) is 28.2 Å². The molecule has 0 aliphatic rings. The second-order valence-electron chi connectivity index (χ2n) is 7.35. The molecular weight excluding hydrogens is 426 g/mol. The van der Waals surface area contributed by atoms with E-state index >= 15 is 0 Å². The van der Waals surface area contributed by atoms with E-state index in [9.17, 15) is 8.78 Å². The second-order valence-corrected chi connectivity index (χ2v) is 8.21. The molecule has 0 saturated heterocycles. The second kappa shape index (κ2) is 8.36. The zero-order chi connectivity index (χ0) is 22.1. The summed E-state index contributed by atoms with van der Waals surface area (Å²) in [4.78, 5) is 4.74. The third-order valence-electron chi connectivity index (χ3n) is 5.01. The molecule has 5 aromatic rings. The van der Waals surface area contributed by atoms with Gasteiger partial charge in [-0.25, -0.2) is 18.4 Å². The summed E-state index contributed by atoms with van der Waals surface area (Å²) < 4.78 is 28.5. The van der Waals surface area contributed by atoms with Crippen LogP contribution in [-0.4, -0.2) is 14.8 Å². The molecule has 2 aromatic heterocycles. The van der Waals surface area contributed by atoms with E-state index < -0.39 is 0 Å². The molecule has 1 N–H and O–H groups in total. The van der Waals surface area contributed by atoms with Crippen LogP contribution in [0, 0.1) is 18.6 Å². The fourth-order valence-corrected chi connectivity index (χ4v) is 4.05. The summed E-state index contributed by atoms with van der Waals surface area (Å²) in [5.41, 5.74) is 5.84. The lowest BCUT2D eigenvalue weighted by atomic mass is 10.1. The van der Waals surface area contributed by atoms with Crippen molar-refractivity contribution >= 4 is 22.2 Å². The normalized spacial score (nSPS) is 11.0. The van der Waals surface area contributed by atoms with E-state index in [2.05, 4.69) is 5.32 Å². The molecule has 0 atom stereocenters. The van der Waals surface area contributed by atoms with Crippen LogP contribution in [0.3, 0.4) is 0 Å². The van der Waals surface area contributed by atoms with Gasteiger partial charge in [-0.2, -0.15) is 5.10 Å². The van der Waals surface area contributed by atoms with Crippen molar-refractivity contribution in [3.05, 3.63) is 102 Å². The monoisotopic (exact) mass is 444 g/mol. The Morgan fingerprint density at radius 2 is 1.50 bits per heavy atom. The first kappa shape index (κ1) is 20.1. The molecular formula is C25H18F2N4S. The fourth-order valence-electron chi connectivity index (χ4n) is 3.32. The minimum absolute atomic E-state index is 0.313. The number of nitrogens with one attached hydrogen (secondary N) is 1. The molecule has 4 nitrogen and oxygen atoms in total. The summed E-state index contributed by atoms with van der Waals surface area (Å²) >= 11 is 1.49. The van der Waals surface area contributed by atoms with Crippen LogP contribution in [0.2, 0.25) is 0 Å². The lowest BCUT2D eigenvalue weighted by Crippen LogP contribution is -1.94. The minimum atomic E-state index is -0.314. The predicted octanol–water partition coefficient (Wildman–Crippen LogP) is 6.99. The number of anilines is 2. The molecule has 0 saturated carbocycles. The van der Waals surface area contributed by atoms with Gasteiger partial charge in [0.15, 0.2) is 5.13 Å². The average Bonchev–Trinajstić information content (AvgIpc) is 3.44. The smallest absolute Gasteiger partial charge is 0.187 e. The van der Waals surface area contributed by atoms with E-state index in [0.29, 0.717) is 11.4 Å². The molecule has 0 amide bonds. The lowest BCUT2D eigenvalue weighted by molar-refractivity contribution is 0.627. The van der Waals surface area contributed by atoms with E-state index in [1.54, 1.807) is 28.9 Å². The van der Waals surface area contributed by atoms with Gasteiger partial charge in [0.25, 0.3) is 0 Å². The van der Waals surface area contributed by atoms with Crippen molar-refractivity contribution < 1.29 is 8.78 Å². The minimum Gasteiger partial charge on any atom is -0.332 e. The van der Waals surface area contributed by atoms with Crippen LogP contribution >= 0.6 is 11.3 Å². The van der Waals surface area contributed by atoms with Gasteiger partial charge in [-0.05, 0) is 67.6 Å². The van der Waals surface area contributed by atoms with E-state index in [-0.39, 0.29) is 11.6 Å². The number of rotatable bonds is 5. The van der Waals surface area contributed by atoms with E-state index in [1.807, 2.05) is 42.8 Å².